The second kappa shape index (κ2) is 22.8. The number of carbonyl (C=O) groups excluding carboxylic acids is 2. The second-order valence-corrected chi connectivity index (χ2v) is 30.5. The average molecular weight is 1340 g/mol. The number of fused-ring (bicyclic) bond motifs is 4. The molecule has 2 aliphatic carbocycles. The highest BCUT2D eigenvalue weighted by Gasteiger charge is 2.68. The number of halogens is 11. The molecule has 20 nitrogen and oxygen atoms in total. The van der Waals surface area contributed by atoms with Crippen LogP contribution in [0, 0.1) is 24.5 Å². The molecule has 0 aliphatic heterocycles. The zero-order chi connectivity index (χ0) is 65.1. The first-order valence-electron chi connectivity index (χ1n) is 25.8. The van der Waals surface area contributed by atoms with E-state index in [1.54, 1.807) is 0 Å². The maximum absolute atomic E-state index is 15.7. The van der Waals surface area contributed by atoms with Gasteiger partial charge in [0.25, 0.3) is 5.92 Å². The Morgan fingerprint density at radius 3 is 2.07 bits per heavy atom. The van der Waals surface area contributed by atoms with Crippen LogP contribution < -0.4 is 14.1 Å². The summed E-state index contributed by atoms with van der Waals surface area (Å²) in [5.74, 6) is -13.6. The number of alkyl halides is 8. The number of hydrogen-bond acceptors (Lipinski definition) is 12. The number of hydrogen-bond donors (Lipinski definition) is 5. The molecule has 0 radical (unpaired) electrons. The first kappa shape index (κ1) is 67.0. The van der Waals surface area contributed by atoms with E-state index in [9.17, 15) is 81.5 Å². The molecule has 87 heavy (non-hydrogen) atoms. The monoisotopic (exact) mass is 1340 g/mol. The van der Waals surface area contributed by atoms with E-state index in [-0.39, 0.29) is 66.4 Å². The maximum atomic E-state index is 15.7. The van der Waals surface area contributed by atoms with E-state index in [1.165, 1.54) is 52.8 Å². The van der Waals surface area contributed by atoms with Gasteiger partial charge in [0, 0.05) is 58.0 Å². The summed E-state index contributed by atoms with van der Waals surface area (Å²) in [6.07, 6.45) is -12.5. The molecule has 8 rings (SSSR count). The van der Waals surface area contributed by atoms with Crippen molar-refractivity contribution in [2.45, 2.75) is 126 Å². The van der Waals surface area contributed by atoms with Crippen LogP contribution in [0.5, 0.6) is 5.75 Å². The van der Waals surface area contributed by atoms with E-state index < -0.39 is 193 Å². The van der Waals surface area contributed by atoms with Crippen LogP contribution in [0.4, 0.5) is 49.7 Å². The van der Waals surface area contributed by atoms with Crippen molar-refractivity contribution in [1.29, 1.82) is 0 Å². The molecule has 5 N–H and O–H groups in total. The van der Waals surface area contributed by atoms with Gasteiger partial charge in [0.05, 0.1) is 44.8 Å². The van der Waals surface area contributed by atoms with Gasteiger partial charge in [-0.25, -0.2) is 30.2 Å². The molecule has 2 unspecified atom stereocenters. The molecule has 35 heteroatoms. The smallest absolute Gasteiger partial charge is 0.404 e. The van der Waals surface area contributed by atoms with Crippen LogP contribution >= 0.6 is 27.0 Å². The number of nitrogens with one attached hydrogen (secondary N) is 1. The number of aryl methyl sites for hydroxylation is 2. The zero-order valence-corrected chi connectivity index (χ0v) is 50.8. The molecule has 6 aromatic rings. The summed E-state index contributed by atoms with van der Waals surface area (Å²) in [7, 11) is -19.2. The summed E-state index contributed by atoms with van der Waals surface area (Å²) in [4.78, 5) is 73.0. The predicted octanol–water partition coefficient (Wildman–Crippen LogP) is 9.99. The minimum atomic E-state index is -5.51. The van der Waals surface area contributed by atoms with Crippen molar-refractivity contribution in [1.82, 2.24) is 29.9 Å². The first-order valence-corrected chi connectivity index (χ1v) is 33.2. The number of aromatic nitrogens is 5. The number of pyridine rings is 1. The third-order valence-corrected chi connectivity index (χ3v) is 19.7. The van der Waals surface area contributed by atoms with Gasteiger partial charge >= 0.3 is 27.8 Å². The predicted molar refractivity (Wildman–Crippen MR) is 294 cm³/mol. The third-order valence-electron chi connectivity index (χ3n) is 14.9. The van der Waals surface area contributed by atoms with Crippen molar-refractivity contribution < 1.29 is 104 Å². The molecule has 0 saturated heterocycles. The third kappa shape index (κ3) is 14.5. The lowest BCUT2D eigenvalue weighted by Gasteiger charge is -2.31. The van der Waals surface area contributed by atoms with Gasteiger partial charge in [-0.3, -0.25) is 38.3 Å². The second-order valence-electron chi connectivity index (χ2n) is 22.8. The number of amides is 2. The van der Waals surface area contributed by atoms with Gasteiger partial charge in [0.2, 0.25) is 21.8 Å². The molecule has 0 bridgehead atoms. The van der Waals surface area contributed by atoms with Gasteiger partial charge in [0.1, 0.15) is 36.2 Å². The Hall–Kier alpha value is -5.98. The number of phosphoric ester groups is 1. The molecule has 474 valence electrons. The number of nitrogens with zero attached hydrogens (tertiary/aromatic N) is 6. The lowest BCUT2D eigenvalue weighted by molar-refractivity contribution is -0.143. The Morgan fingerprint density at radius 2 is 1.51 bits per heavy atom. The summed E-state index contributed by atoms with van der Waals surface area (Å²) >= 11 is 6.79. The Bertz CT molecular complexity index is 4110. The van der Waals surface area contributed by atoms with Crippen LogP contribution in [-0.2, 0) is 88.2 Å². The summed E-state index contributed by atoms with van der Waals surface area (Å²) in [5.41, 5.74) is -8.07. The van der Waals surface area contributed by atoms with Gasteiger partial charge in [0.15, 0.2) is 21.3 Å². The molecule has 3 aromatic heterocycles. The maximum Gasteiger partial charge on any atom is 0.524 e. The van der Waals surface area contributed by atoms with Crippen LogP contribution in [0.15, 0.2) is 54.6 Å². The van der Waals surface area contributed by atoms with E-state index in [0.717, 1.165) is 36.6 Å². The minimum absolute atomic E-state index is 0.00282. The molecule has 3 atom stereocenters. The largest absolute Gasteiger partial charge is 0.524 e. The number of rotatable bonds is 21. The van der Waals surface area contributed by atoms with E-state index in [2.05, 4.69) is 15.5 Å². The number of sulfone groups is 1. The average Bonchev–Trinajstić information content (AvgIpc) is 1.53. The van der Waals surface area contributed by atoms with Crippen molar-refractivity contribution in [3.8, 4) is 16.9 Å². The van der Waals surface area contributed by atoms with Gasteiger partial charge in [-0.2, -0.15) is 49.6 Å². The summed E-state index contributed by atoms with van der Waals surface area (Å²) in [5, 5.41) is 8.60. The van der Waals surface area contributed by atoms with E-state index in [1.807, 2.05) is 0 Å². The molecule has 0 spiro atoms. The Kier molecular flexibility index (Phi) is 17.6. The zero-order valence-electron chi connectivity index (χ0n) is 46.6. The number of anilines is 1. The van der Waals surface area contributed by atoms with Crippen molar-refractivity contribution in [3.63, 3.8) is 0 Å². The van der Waals surface area contributed by atoms with Crippen LogP contribution in [0.2, 0.25) is 5.02 Å². The molecule has 1 saturated carbocycles. The van der Waals surface area contributed by atoms with E-state index >= 15 is 17.6 Å². The van der Waals surface area contributed by atoms with Crippen LogP contribution in [0.25, 0.3) is 22.0 Å². The molecule has 1 fully saturated rings. The fraction of sp³-hybridized carbons (Fsp3) is 0.442. The Balaban J connectivity index is 1.33. The molecular formula is C52H54ClF10N7O13P2S2. The highest BCUT2D eigenvalue weighted by Crippen LogP contribution is 2.68. The van der Waals surface area contributed by atoms with Crippen molar-refractivity contribution in [2.24, 2.45) is 5.92 Å². The number of benzene rings is 3. The van der Waals surface area contributed by atoms with Crippen molar-refractivity contribution >= 4 is 75.4 Å². The SMILES string of the molecule is Cc1cc(CP(=O)(O)O)cc(OP(=O)(O)O)c1C(C)(C)CC(=O)N(c1nn(CC(F)(F)F)c2c(-c3ccc(CCC(C)(C)S(C)(=O)=O)nc3[C@H](Cc3cc(F)cc(F)c3)NC(=O)Cn3nc(C(F)(F)F)c4c3C(F)(F)C3CC43)ccc(Cl)c12)S(C)(=O)=O. The van der Waals surface area contributed by atoms with Gasteiger partial charge in [-0.15, -0.1) is 0 Å². The fourth-order valence-electron chi connectivity index (χ4n) is 11.0. The quantitative estimate of drug-likeness (QED) is 0.0331. The molecule has 3 heterocycles. The Morgan fingerprint density at radius 1 is 0.885 bits per heavy atom. The molecule has 3 aromatic carbocycles. The standard InChI is InChI=1S/C52H54ClF10N7O13P2S2/c1-25-14-27(23-84(73,74)75)18-37(83-85(76,77)78)42(25)48(2,3)21-39(72)70(87(7,81)82)47-41-35(53)11-10-32(44(41)69(67-47)24-50(56,57)58)31-9-8-30(12-13-49(4,5)86(6,79)80)64-43(31)36(17-26-15-28(54)19-29(55)16-26)65-38(71)22-68-46-40(45(66-68)52(61,62)63)33-20-34(33)51(46,59)60/h8-11,14-16,18-19,33-34,36H,12-13,17,20-24H2,1-7H3,(H,65,71)(H2,73,74,75)(H2,76,77,78)/t33?,34?,36-/m0/s1. The highest BCUT2D eigenvalue weighted by molar-refractivity contribution is 7.93. The van der Waals surface area contributed by atoms with Crippen LogP contribution in [0.3, 0.4) is 0 Å². The summed E-state index contributed by atoms with van der Waals surface area (Å²) in [6, 6.07) is 6.84. The lowest BCUT2D eigenvalue weighted by atomic mass is 9.78. The molecular weight excluding hydrogens is 1280 g/mol. The van der Waals surface area contributed by atoms with E-state index in [0.29, 0.717) is 12.3 Å². The van der Waals surface area contributed by atoms with Crippen molar-refractivity contribution in [2.75, 3.05) is 16.8 Å². The number of sulfonamides is 1. The van der Waals surface area contributed by atoms with Crippen LogP contribution in [-0.4, -0.2) is 96.2 Å². The van der Waals surface area contributed by atoms with Gasteiger partial charge in [-0.05, 0) is 99.4 Å². The first-order chi connectivity index (χ1) is 39.6. The number of phosphoric acid groups is 1. The fourth-order valence-corrected chi connectivity index (χ4v) is 13.7. The molecule has 2 aliphatic rings. The highest BCUT2D eigenvalue weighted by atomic mass is 35.5. The number of carbonyl (C=O) groups is 2. The normalized spacial score (nSPS) is 16.9. The lowest BCUT2D eigenvalue weighted by Crippen LogP contribution is -2.40. The van der Waals surface area contributed by atoms with Crippen molar-refractivity contribution in [3.05, 3.63) is 122 Å². The van der Waals surface area contributed by atoms with Crippen LogP contribution in [0.1, 0.15) is 110 Å². The Labute approximate surface area is 494 Å². The van der Waals surface area contributed by atoms with Gasteiger partial charge in [-0.1, -0.05) is 43.6 Å². The summed E-state index contributed by atoms with van der Waals surface area (Å²) < 4.78 is 231. The topological polar surface area (TPSA) is 291 Å². The van der Waals surface area contributed by atoms with Gasteiger partial charge < -0.3 is 19.6 Å². The minimum Gasteiger partial charge on any atom is -0.404 e. The van der Waals surface area contributed by atoms with E-state index in [4.69, 9.17) is 21.1 Å². The summed E-state index contributed by atoms with van der Waals surface area (Å²) in [6.45, 7) is 3.17. The molecule has 2 amide bonds.